The van der Waals surface area contributed by atoms with Gasteiger partial charge in [-0.15, -0.1) is 11.3 Å². The number of hydrogen-bond acceptors (Lipinski definition) is 2. The number of thiophene rings is 1. The smallest absolute Gasteiger partial charge is 0.254 e. The number of carbonyl (C=O) groups excluding carboxylic acids is 1. The van der Waals surface area contributed by atoms with Crippen molar-refractivity contribution in [2.24, 2.45) is 0 Å². The van der Waals surface area contributed by atoms with Gasteiger partial charge in [0.15, 0.2) is 0 Å². The van der Waals surface area contributed by atoms with Crippen LogP contribution in [-0.2, 0) is 6.54 Å². The molecule has 0 aliphatic carbocycles. The number of rotatable bonds is 4. The van der Waals surface area contributed by atoms with E-state index in [9.17, 15) is 4.79 Å². The van der Waals surface area contributed by atoms with Gasteiger partial charge in [-0.05, 0) is 45.0 Å². The first-order valence-electron chi connectivity index (χ1n) is 6.61. The molecule has 0 saturated heterocycles. The molecule has 0 atom stereocenters. The first-order chi connectivity index (χ1) is 9.49. The Morgan fingerprint density at radius 3 is 2.35 bits per heavy atom. The summed E-state index contributed by atoms with van der Waals surface area (Å²) in [5.74, 6) is 0.0730. The first kappa shape index (κ1) is 15.1. The van der Waals surface area contributed by atoms with Gasteiger partial charge in [0, 0.05) is 17.0 Å². The minimum absolute atomic E-state index is 0.0730. The Morgan fingerprint density at radius 2 is 1.85 bits per heavy atom. The summed E-state index contributed by atoms with van der Waals surface area (Å²) in [4.78, 5) is 15.5. The lowest BCUT2D eigenvalue weighted by Crippen LogP contribution is -2.30. The molecule has 4 heteroatoms. The van der Waals surface area contributed by atoms with Gasteiger partial charge in [-0.2, -0.15) is 0 Å². The Hall–Kier alpha value is -1.32. The molecule has 0 fully saturated rings. The van der Waals surface area contributed by atoms with Gasteiger partial charge in [-0.3, -0.25) is 4.79 Å². The van der Waals surface area contributed by atoms with E-state index in [4.69, 9.17) is 11.6 Å². The van der Waals surface area contributed by atoms with Crippen molar-refractivity contribution in [1.82, 2.24) is 4.90 Å². The van der Waals surface area contributed by atoms with Crippen LogP contribution < -0.4 is 0 Å². The SMILES string of the molecule is CCN(Cc1ccc(Cl)s1)C(=O)c1cc(C)cc(C)c1. The molecule has 0 aliphatic heterocycles. The average Bonchev–Trinajstić information content (AvgIpc) is 2.79. The van der Waals surface area contributed by atoms with Crippen LogP contribution in [0.4, 0.5) is 0 Å². The van der Waals surface area contributed by atoms with E-state index in [0.29, 0.717) is 13.1 Å². The van der Waals surface area contributed by atoms with Crippen LogP contribution in [0.5, 0.6) is 0 Å². The van der Waals surface area contributed by atoms with Crippen molar-refractivity contribution < 1.29 is 4.79 Å². The third-order valence-electron chi connectivity index (χ3n) is 3.11. The lowest BCUT2D eigenvalue weighted by molar-refractivity contribution is 0.0754. The molecule has 106 valence electrons. The Labute approximate surface area is 129 Å². The molecule has 0 radical (unpaired) electrons. The van der Waals surface area contributed by atoms with Crippen molar-refractivity contribution >= 4 is 28.8 Å². The van der Waals surface area contributed by atoms with Crippen molar-refractivity contribution in [2.75, 3.05) is 6.54 Å². The quantitative estimate of drug-likeness (QED) is 0.803. The fourth-order valence-corrected chi connectivity index (χ4v) is 3.34. The maximum atomic E-state index is 12.6. The van der Waals surface area contributed by atoms with Gasteiger partial charge < -0.3 is 4.90 Å². The van der Waals surface area contributed by atoms with E-state index in [1.54, 1.807) is 0 Å². The number of amides is 1. The van der Waals surface area contributed by atoms with Crippen LogP contribution in [0.2, 0.25) is 4.34 Å². The average molecular weight is 308 g/mol. The minimum atomic E-state index is 0.0730. The maximum Gasteiger partial charge on any atom is 0.254 e. The summed E-state index contributed by atoms with van der Waals surface area (Å²) in [6, 6.07) is 9.81. The molecule has 2 nitrogen and oxygen atoms in total. The lowest BCUT2D eigenvalue weighted by atomic mass is 10.1. The highest BCUT2D eigenvalue weighted by Crippen LogP contribution is 2.23. The van der Waals surface area contributed by atoms with Gasteiger partial charge in [0.1, 0.15) is 0 Å². The number of carbonyl (C=O) groups is 1. The molecule has 1 heterocycles. The van der Waals surface area contributed by atoms with E-state index >= 15 is 0 Å². The highest BCUT2D eigenvalue weighted by atomic mass is 35.5. The van der Waals surface area contributed by atoms with E-state index in [2.05, 4.69) is 6.07 Å². The third kappa shape index (κ3) is 3.62. The second-order valence-corrected chi connectivity index (χ2v) is 6.70. The van der Waals surface area contributed by atoms with Crippen LogP contribution in [0.3, 0.4) is 0 Å². The Balaban J connectivity index is 2.20. The van der Waals surface area contributed by atoms with Crippen molar-refractivity contribution in [3.63, 3.8) is 0 Å². The summed E-state index contributed by atoms with van der Waals surface area (Å²) in [6.07, 6.45) is 0. The number of nitrogens with zero attached hydrogens (tertiary/aromatic N) is 1. The molecule has 20 heavy (non-hydrogen) atoms. The van der Waals surface area contributed by atoms with Gasteiger partial charge in [-0.25, -0.2) is 0 Å². The molecule has 1 aromatic heterocycles. The standard InChI is InChI=1S/C16H18ClNOS/c1-4-18(10-14-5-6-15(17)20-14)16(19)13-8-11(2)7-12(3)9-13/h5-9H,4,10H2,1-3H3. The summed E-state index contributed by atoms with van der Waals surface area (Å²) >= 11 is 7.46. The van der Waals surface area contributed by atoms with Gasteiger partial charge in [0.05, 0.1) is 10.9 Å². The molecule has 0 aliphatic rings. The van der Waals surface area contributed by atoms with E-state index in [1.807, 2.05) is 49.9 Å². The van der Waals surface area contributed by atoms with E-state index in [1.165, 1.54) is 11.3 Å². The summed E-state index contributed by atoms with van der Waals surface area (Å²) in [6.45, 7) is 7.31. The van der Waals surface area contributed by atoms with Crippen molar-refractivity contribution in [3.8, 4) is 0 Å². The summed E-state index contributed by atoms with van der Waals surface area (Å²) < 4.78 is 0.759. The van der Waals surface area contributed by atoms with E-state index < -0.39 is 0 Å². The molecule has 2 rings (SSSR count). The summed E-state index contributed by atoms with van der Waals surface area (Å²) in [5.41, 5.74) is 2.99. The van der Waals surface area contributed by atoms with Crippen LogP contribution in [0.1, 0.15) is 33.3 Å². The predicted molar refractivity (Wildman–Crippen MR) is 85.7 cm³/mol. The van der Waals surface area contributed by atoms with Crippen molar-refractivity contribution in [1.29, 1.82) is 0 Å². The third-order valence-corrected chi connectivity index (χ3v) is 4.33. The Kier molecular flexibility index (Phi) is 4.84. The second kappa shape index (κ2) is 6.42. The highest BCUT2D eigenvalue weighted by molar-refractivity contribution is 7.16. The van der Waals surface area contributed by atoms with Crippen molar-refractivity contribution in [3.05, 3.63) is 56.2 Å². The van der Waals surface area contributed by atoms with E-state index in [0.717, 1.165) is 25.9 Å². The van der Waals surface area contributed by atoms with Crippen molar-refractivity contribution in [2.45, 2.75) is 27.3 Å². The largest absolute Gasteiger partial charge is 0.334 e. The number of aryl methyl sites for hydroxylation is 2. The molecule has 0 N–H and O–H groups in total. The zero-order valence-corrected chi connectivity index (χ0v) is 13.5. The highest BCUT2D eigenvalue weighted by Gasteiger charge is 2.16. The molecular weight excluding hydrogens is 290 g/mol. The maximum absolute atomic E-state index is 12.6. The topological polar surface area (TPSA) is 20.3 Å². The first-order valence-corrected chi connectivity index (χ1v) is 7.81. The van der Waals surface area contributed by atoms with Crippen LogP contribution in [0, 0.1) is 13.8 Å². The number of halogens is 1. The van der Waals surface area contributed by atoms with Crippen LogP contribution in [-0.4, -0.2) is 17.4 Å². The molecule has 0 saturated carbocycles. The number of benzene rings is 1. The van der Waals surface area contributed by atoms with Gasteiger partial charge >= 0.3 is 0 Å². The Bertz CT molecular complexity index is 600. The fraction of sp³-hybridized carbons (Fsp3) is 0.312. The molecule has 0 unspecified atom stereocenters. The van der Waals surface area contributed by atoms with Gasteiger partial charge in [0.25, 0.3) is 5.91 Å². The summed E-state index contributed by atoms with van der Waals surface area (Å²) in [7, 11) is 0. The molecule has 2 aromatic rings. The zero-order chi connectivity index (χ0) is 14.7. The van der Waals surface area contributed by atoms with Crippen LogP contribution in [0.25, 0.3) is 0 Å². The zero-order valence-electron chi connectivity index (χ0n) is 11.9. The number of hydrogen-bond donors (Lipinski definition) is 0. The molecule has 1 aromatic carbocycles. The van der Waals surface area contributed by atoms with Crippen LogP contribution >= 0.6 is 22.9 Å². The molecule has 0 bridgehead atoms. The Morgan fingerprint density at radius 1 is 1.20 bits per heavy atom. The van der Waals surface area contributed by atoms with Gasteiger partial charge in [-0.1, -0.05) is 28.8 Å². The molecule has 0 spiro atoms. The molecule has 1 amide bonds. The minimum Gasteiger partial charge on any atom is -0.334 e. The lowest BCUT2D eigenvalue weighted by Gasteiger charge is -2.20. The summed E-state index contributed by atoms with van der Waals surface area (Å²) in [5, 5.41) is 0. The predicted octanol–water partition coefficient (Wildman–Crippen LogP) is 4.68. The van der Waals surface area contributed by atoms with Crippen LogP contribution in [0.15, 0.2) is 30.3 Å². The fourth-order valence-electron chi connectivity index (χ4n) is 2.23. The van der Waals surface area contributed by atoms with Gasteiger partial charge in [0.2, 0.25) is 0 Å². The second-order valence-electron chi connectivity index (χ2n) is 4.90. The normalized spacial score (nSPS) is 10.6. The molecular formula is C16H18ClNOS. The monoisotopic (exact) mass is 307 g/mol. The van der Waals surface area contributed by atoms with E-state index in [-0.39, 0.29) is 5.91 Å².